The van der Waals surface area contributed by atoms with E-state index in [9.17, 15) is 71.5 Å². The number of aliphatic hydroxyl groups excluding tert-OH is 14. The smallest absolute Gasteiger partial charge is 0.187 e. The van der Waals surface area contributed by atoms with E-state index in [1.165, 1.54) is 77.0 Å². The molecule has 4 rings (SSSR count). The standard InChI is InChI=1S/C46H86O22/c47-23-27-31(51)33(53)37(57)45(63-27)67-41-29(25-49)65-43(39(59)35(41)55)61-21-19-17-15-13-11-9-7-5-3-1-2-4-6-8-10-12-14-16-18-20-22-62-44-40(60)36(56)42(30(26-50)66-44)68-46-38(58)34(54)32(52)28(24-48)64-46/h27-60H,1-26H2/t27?,28?,29?,30?,31-,32+,33+,34?,35-,36?,37?,38-,39?,40-,41-,42+,43-,44?,45-,46?/m1/s1. The van der Waals surface area contributed by atoms with Gasteiger partial charge in [0.2, 0.25) is 0 Å². The second-order valence-electron chi connectivity index (χ2n) is 18.8. The predicted molar refractivity (Wildman–Crippen MR) is 237 cm³/mol. The molecule has 0 aromatic rings. The zero-order valence-corrected chi connectivity index (χ0v) is 39.5. The van der Waals surface area contributed by atoms with Gasteiger partial charge in [-0.3, -0.25) is 0 Å². The van der Waals surface area contributed by atoms with Gasteiger partial charge in [-0.2, -0.15) is 0 Å². The highest BCUT2D eigenvalue weighted by Crippen LogP contribution is 2.32. The summed E-state index contributed by atoms with van der Waals surface area (Å²) < 4.78 is 44.5. The van der Waals surface area contributed by atoms with Crippen LogP contribution in [0, 0.1) is 0 Å². The third-order valence-electron chi connectivity index (χ3n) is 13.5. The molecular formula is C46H86O22. The van der Waals surface area contributed by atoms with Gasteiger partial charge in [-0.05, 0) is 12.8 Å². The molecule has 4 aliphatic rings. The summed E-state index contributed by atoms with van der Waals surface area (Å²) >= 11 is 0. The Labute approximate surface area is 399 Å². The van der Waals surface area contributed by atoms with E-state index in [1.54, 1.807) is 0 Å². The second kappa shape index (κ2) is 32.3. The molecule has 20 atom stereocenters. The van der Waals surface area contributed by atoms with Gasteiger partial charge in [-0.1, -0.05) is 116 Å². The SMILES string of the molecule is OCC1OC(O[C@H]2C(CO)OC(OCCCCCCCCCCCCCCCCCCCCCCO[C@@H]3OC(CO)[C@@H](O[C@H]4OC(CO)[C@@H](O)[C@H](O)C4O)[C@H](O)C3O)[C@H](O)C2O)[C@H](O)C(O)[C@H]1O. The zero-order valence-electron chi connectivity index (χ0n) is 39.5. The molecule has 0 aromatic carbocycles. The molecule has 0 radical (unpaired) electrons. The molecule has 22 heteroatoms. The Morgan fingerprint density at radius 1 is 0.250 bits per heavy atom. The molecule has 14 N–H and O–H groups in total. The van der Waals surface area contributed by atoms with Crippen LogP contribution >= 0.6 is 0 Å². The minimum Gasteiger partial charge on any atom is -0.394 e. The summed E-state index contributed by atoms with van der Waals surface area (Å²) in [4.78, 5) is 0. The van der Waals surface area contributed by atoms with E-state index in [1.807, 2.05) is 0 Å². The van der Waals surface area contributed by atoms with Crippen molar-refractivity contribution in [3.63, 3.8) is 0 Å². The van der Waals surface area contributed by atoms with Crippen LogP contribution in [0.4, 0.5) is 0 Å². The van der Waals surface area contributed by atoms with Crippen molar-refractivity contribution in [2.24, 2.45) is 0 Å². The monoisotopic (exact) mass is 991 g/mol. The Hall–Kier alpha value is -0.880. The van der Waals surface area contributed by atoms with Gasteiger partial charge in [0.15, 0.2) is 25.2 Å². The number of rotatable bonds is 33. The van der Waals surface area contributed by atoms with Crippen LogP contribution in [0.25, 0.3) is 0 Å². The van der Waals surface area contributed by atoms with E-state index in [0.29, 0.717) is 0 Å². The van der Waals surface area contributed by atoms with Crippen molar-refractivity contribution in [1.82, 2.24) is 0 Å². The summed E-state index contributed by atoms with van der Waals surface area (Å²) in [6.45, 7) is -2.00. The fraction of sp³-hybridized carbons (Fsp3) is 1.00. The Morgan fingerprint density at radius 3 is 0.750 bits per heavy atom. The lowest BCUT2D eigenvalue weighted by atomic mass is 9.97. The van der Waals surface area contributed by atoms with Gasteiger partial charge in [0, 0.05) is 13.2 Å². The van der Waals surface area contributed by atoms with Crippen molar-refractivity contribution in [2.75, 3.05) is 39.6 Å². The van der Waals surface area contributed by atoms with Gasteiger partial charge in [0.05, 0.1) is 26.4 Å². The number of hydrogen-bond acceptors (Lipinski definition) is 22. The minimum atomic E-state index is -1.72. The van der Waals surface area contributed by atoms with Crippen LogP contribution in [0.1, 0.15) is 128 Å². The maximum atomic E-state index is 10.8. The van der Waals surface area contributed by atoms with Gasteiger partial charge in [-0.25, -0.2) is 0 Å². The highest BCUT2D eigenvalue weighted by atomic mass is 16.8. The lowest BCUT2D eigenvalue weighted by Gasteiger charge is -2.45. The van der Waals surface area contributed by atoms with Crippen molar-refractivity contribution in [2.45, 2.75) is 251 Å². The van der Waals surface area contributed by atoms with Crippen LogP contribution in [0.2, 0.25) is 0 Å². The Balaban J connectivity index is 0.900. The molecule has 0 bridgehead atoms. The number of hydrogen-bond donors (Lipinski definition) is 14. The molecule has 4 heterocycles. The fourth-order valence-corrected chi connectivity index (χ4v) is 9.17. The summed E-state index contributed by atoms with van der Waals surface area (Å²) in [7, 11) is 0. The van der Waals surface area contributed by atoms with E-state index >= 15 is 0 Å². The summed E-state index contributed by atoms with van der Waals surface area (Å²) in [6.07, 6.45) is -6.90. The molecule has 0 aliphatic carbocycles. The maximum absolute atomic E-state index is 10.8. The molecular weight excluding hydrogens is 904 g/mol. The molecule has 22 nitrogen and oxygen atoms in total. The molecule has 4 fully saturated rings. The summed E-state index contributed by atoms with van der Waals surface area (Å²) in [5.41, 5.74) is 0. The normalized spacial score (nSPS) is 39.1. The second-order valence-corrected chi connectivity index (χ2v) is 18.8. The predicted octanol–water partition coefficient (Wildman–Crippen LogP) is -1.93. The van der Waals surface area contributed by atoms with Gasteiger partial charge in [0.25, 0.3) is 0 Å². The van der Waals surface area contributed by atoms with Gasteiger partial charge in [0.1, 0.15) is 97.7 Å². The van der Waals surface area contributed by atoms with Crippen molar-refractivity contribution in [3.8, 4) is 0 Å². The minimum absolute atomic E-state index is 0.279. The molecule has 0 amide bonds. The largest absolute Gasteiger partial charge is 0.394 e. The van der Waals surface area contributed by atoms with Gasteiger partial charge >= 0.3 is 0 Å². The molecule has 0 aromatic heterocycles. The first-order valence-corrected chi connectivity index (χ1v) is 25.2. The molecule has 4 aliphatic heterocycles. The molecule has 0 saturated carbocycles. The van der Waals surface area contributed by atoms with Crippen LogP contribution in [0.5, 0.6) is 0 Å². The van der Waals surface area contributed by atoms with Crippen LogP contribution in [-0.4, -0.2) is 234 Å². The fourth-order valence-electron chi connectivity index (χ4n) is 9.17. The molecule has 10 unspecified atom stereocenters. The number of ether oxygens (including phenoxy) is 8. The lowest BCUT2D eigenvalue weighted by molar-refractivity contribution is -0.359. The molecule has 0 spiro atoms. The summed E-state index contributed by atoms with van der Waals surface area (Å²) in [5.74, 6) is 0. The first-order valence-electron chi connectivity index (χ1n) is 25.2. The number of aliphatic hydroxyl groups is 14. The summed E-state index contributed by atoms with van der Waals surface area (Å²) in [6, 6.07) is 0. The van der Waals surface area contributed by atoms with E-state index in [4.69, 9.17) is 37.9 Å². The van der Waals surface area contributed by atoms with E-state index in [2.05, 4.69) is 0 Å². The Morgan fingerprint density at radius 2 is 0.485 bits per heavy atom. The lowest BCUT2D eigenvalue weighted by Crippen LogP contribution is -2.64. The van der Waals surface area contributed by atoms with Crippen LogP contribution in [0.3, 0.4) is 0 Å². The maximum Gasteiger partial charge on any atom is 0.187 e. The highest BCUT2D eigenvalue weighted by molar-refractivity contribution is 4.95. The van der Waals surface area contributed by atoms with E-state index in [0.717, 1.165) is 51.4 Å². The van der Waals surface area contributed by atoms with Gasteiger partial charge in [-0.15, -0.1) is 0 Å². The first kappa shape index (κ1) is 59.7. The van der Waals surface area contributed by atoms with Crippen molar-refractivity contribution >= 4 is 0 Å². The van der Waals surface area contributed by atoms with Crippen molar-refractivity contribution < 1.29 is 109 Å². The number of unbranched alkanes of at least 4 members (excludes halogenated alkanes) is 19. The topological polar surface area (TPSA) is 357 Å². The Kier molecular flexibility index (Phi) is 28.4. The highest BCUT2D eigenvalue weighted by Gasteiger charge is 2.52. The van der Waals surface area contributed by atoms with E-state index in [-0.39, 0.29) is 13.2 Å². The third-order valence-corrected chi connectivity index (χ3v) is 13.5. The third kappa shape index (κ3) is 18.0. The van der Waals surface area contributed by atoms with Crippen LogP contribution in [0.15, 0.2) is 0 Å². The first-order chi connectivity index (χ1) is 32.8. The van der Waals surface area contributed by atoms with Crippen LogP contribution < -0.4 is 0 Å². The average Bonchev–Trinajstić information content (AvgIpc) is 3.34. The molecule has 402 valence electrons. The quantitative estimate of drug-likeness (QED) is 0.0318. The van der Waals surface area contributed by atoms with Crippen molar-refractivity contribution in [3.05, 3.63) is 0 Å². The molecule has 4 saturated heterocycles. The van der Waals surface area contributed by atoms with Crippen molar-refractivity contribution in [1.29, 1.82) is 0 Å². The Bertz CT molecular complexity index is 1190. The zero-order chi connectivity index (χ0) is 49.6. The van der Waals surface area contributed by atoms with Crippen LogP contribution in [-0.2, 0) is 37.9 Å². The van der Waals surface area contributed by atoms with Gasteiger partial charge < -0.3 is 109 Å². The average molecular weight is 991 g/mol. The van der Waals surface area contributed by atoms with E-state index < -0.39 is 149 Å². The summed E-state index contributed by atoms with van der Waals surface area (Å²) in [5, 5.41) is 142. The molecule has 68 heavy (non-hydrogen) atoms.